The molecule has 172 valence electrons. The highest BCUT2D eigenvalue weighted by Gasteiger charge is 2.42. The molecule has 2 saturated heterocycles. The number of carbonyl (C=O) groups is 2. The Bertz CT molecular complexity index is 908. The van der Waals surface area contributed by atoms with Crippen molar-refractivity contribution in [1.29, 1.82) is 0 Å². The number of hydrogen-bond donors (Lipinski definition) is 1. The smallest absolute Gasteiger partial charge is 0.245 e. The van der Waals surface area contributed by atoms with Gasteiger partial charge in [-0.15, -0.1) is 11.3 Å². The molecule has 2 aliphatic rings. The third kappa shape index (κ3) is 5.39. The van der Waals surface area contributed by atoms with Gasteiger partial charge in [0, 0.05) is 57.1 Å². The zero-order valence-electron chi connectivity index (χ0n) is 19.1. The first-order chi connectivity index (χ1) is 15.5. The van der Waals surface area contributed by atoms with E-state index in [2.05, 4.69) is 58.9 Å². The third-order valence-electron chi connectivity index (χ3n) is 6.71. The summed E-state index contributed by atoms with van der Waals surface area (Å²) in [6.45, 7) is 9.24. The highest BCUT2D eigenvalue weighted by molar-refractivity contribution is 7.09. The predicted molar refractivity (Wildman–Crippen MR) is 128 cm³/mol. The Balaban J connectivity index is 1.55. The van der Waals surface area contributed by atoms with Crippen molar-refractivity contribution in [2.75, 3.05) is 32.7 Å². The Morgan fingerprint density at radius 1 is 1.12 bits per heavy atom. The van der Waals surface area contributed by atoms with Crippen molar-refractivity contribution in [3.8, 4) is 0 Å². The maximum Gasteiger partial charge on any atom is 0.245 e. The van der Waals surface area contributed by atoms with Crippen LogP contribution in [0.5, 0.6) is 0 Å². The number of thiophene rings is 1. The second-order valence-electron chi connectivity index (χ2n) is 8.92. The molecular weight excluding hydrogens is 420 g/mol. The monoisotopic (exact) mass is 454 g/mol. The van der Waals surface area contributed by atoms with Crippen LogP contribution < -0.4 is 5.32 Å². The second kappa shape index (κ2) is 10.6. The van der Waals surface area contributed by atoms with Crippen molar-refractivity contribution >= 4 is 23.2 Å². The molecule has 1 aromatic carbocycles. The van der Waals surface area contributed by atoms with E-state index in [-0.39, 0.29) is 23.9 Å². The summed E-state index contributed by atoms with van der Waals surface area (Å²) in [4.78, 5) is 33.5. The van der Waals surface area contributed by atoms with Crippen LogP contribution in [-0.4, -0.2) is 71.3 Å². The van der Waals surface area contributed by atoms with Gasteiger partial charge in [0.2, 0.25) is 11.8 Å². The fourth-order valence-corrected chi connectivity index (χ4v) is 5.59. The molecule has 7 heteroatoms. The maximum atomic E-state index is 13.5. The van der Waals surface area contributed by atoms with Crippen LogP contribution in [0.3, 0.4) is 0 Å². The van der Waals surface area contributed by atoms with E-state index in [1.54, 1.807) is 18.3 Å². The summed E-state index contributed by atoms with van der Waals surface area (Å²) in [6, 6.07) is 12.5. The predicted octanol–water partition coefficient (Wildman–Crippen LogP) is 2.87. The molecule has 1 N–H and O–H groups in total. The number of aryl methyl sites for hydroxylation is 1. The van der Waals surface area contributed by atoms with E-state index in [0.29, 0.717) is 19.5 Å². The van der Waals surface area contributed by atoms with Crippen LogP contribution in [0.25, 0.3) is 0 Å². The Morgan fingerprint density at radius 2 is 1.97 bits per heavy atom. The molecule has 2 atom stereocenters. The van der Waals surface area contributed by atoms with Gasteiger partial charge >= 0.3 is 0 Å². The normalized spacial score (nSPS) is 21.7. The van der Waals surface area contributed by atoms with Gasteiger partial charge in [-0.25, -0.2) is 0 Å². The summed E-state index contributed by atoms with van der Waals surface area (Å²) in [5.74, 6) is 0.101. The van der Waals surface area contributed by atoms with Gasteiger partial charge in [-0.2, -0.15) is 0 Å². The maximum absolute atomic E-state index is 13.5. The van der Waals surface area contributed by atoms with Crippen LogP contribution in [0.1, 0.15) is 35.8 Å². The molecule has 2 aromatic rings. The standard InChI is InChI=1S/C25H34N4O2S/c1-19-7-3-4-8-21(19)16-28(18-23-9-5-14-32-23)22-15-24(29(17-22)20(2)30)25(31)27-12-6-10-26-11-13-27/h3-5,7-9,14,22,24,26H,6,10-13,15-18H2,1-2H3. The van der Waals surface area contributed by atoms with Gasteiger partial charge in [0.25, 0.3) is 0 Å². The molecule has 0 spiro atoms. The van der Waals surface area contributed by atoms with Gasteiger partial charge in [-0.3, -0.25) is 14.5 Å². The topological polar surface area (TPSA) is 55.9 Å². The van der Waals surface area contributed by atoms with Gasteiger partial charge in [0.15, 0.2) is 0 Å². The third-order valence-corrected chi connectivity index (χ3v) is 7.57. The van der Waals surface area contributed by atoms with Crippen LogP contribution in [0.2, 0.25) is 0 Å². The Kier molecular flexibility index (Phi) is 7.60. The second-order valence-corrected chi connectivity index (χ2v) is 9.95. The van der Waals surface area contributed by atoms with Crippen LogP contribution in [0.4, 0.5) is 0 Å². The van der Waals surface area contributed by atoms with E-state index in [9.17, 15) is 9.59 Å². The first-order valence-corrected chi connectivity index (χ1v) is 12.5. The number of hydrogen-bond acceptors (Lipinski definition) is 5. The number of amides is 2. The number of nitrogens with one attached hydrogen (secondary N) is 1. The molecule has 4 rings (SSSR count). The van der Waals surface area contributed by atoms with Gasteiger partial charge in [0.1, 0.15) is 6.04 Å². The van der Waals surface area contributed by atoms with Gasteiger partial charge in [-0.05, 0) is 48.9 Å². The zero-order valence-corrected chi connectivity index (χ0v) is 19.9. The molecule has 2 aliphatic heterocycles. The van der Waals surface area contributed by atoms with Crippen molar-refractivity contribution in [2.24, 2.45) is 0 Å². The van der Waals surface area contributed by atoms with E-state index in [1.807, 2.05) is 9.80 Å². The fraction of sp³-hybridized carbons (Fsp3) is 0.520. The van der Waals surface area contributed by atoms with E-state index < -0.39 is 0 Å². The van der Waals surface area contributed by atoms with Crippen LogP contribution >= 0.6 is 11.3 Å². The highest BCUT2D eigenvalue weighted by atomic mass is 32.1. The van der Waals surface area contributed by atoms with Crippen LogP contribution in [-0.2, 0) is 22.7 Å². The molecule has 6 nitrogen and oxygen atoms in total. The summed E-state index contributed by atoms with van der Waals surface area (Å²) in [5.41, 5.74) is 2.57. The lowest BCUT2D eigenvalue weighted by Crippen LogP contribution is -2.48. The van der Waals surface area contributed by atoms with Crippen molar-refractivity contribution < 1.29 is 9.59 Å². The van der Waals surface area contributed by atoms with Gasteiger partial charge in [-0.1, -0.05) is 30.3 Å². The van der Waals surface area contributed by atoms with Gasteiger partial charge in [0.05, 0.1) is 0 Å². The largest absolute Gasteiger partial charge is 0.340 e. The van der Waals surface area contributed by atoms with Gasteiger partial charge < -0.3 is 15.1 Å². The Labute approximate surface area is 195 Å². The summed E-state index contributed by atoms with van der Waals surface area (Å²) >= 11 is 1.76. The average Bonchev–Trinajstić information content (AvgIpc) is 3.38. The first kappa shape index (κ1) is 23.0. The number of nitrogens with zero attached hydrogens (tertiary/aromatic N) is 3. The zero-order chi connectivity index (χ0) is 22.5. The molecular formula is C25H34N4O2S. The van der Waals surface area contributed by atoms with Crippen molar-refractivity contribution in [1.82, 2.24) is 20.0 Å². The quantitative estimate of drug-likeness (QED) is 0.729. The molecule has 2 fully saturated rings. The fourth-order valence-electron chi connectivity index (χ4n) is 4.86. The Morgan fingerprint density at radius 3 is 2.72 bits per heavy atom. The molecule has 0 saturated carbocycles. The molecule has 1 aromatic heterocycles. The number of rotatable bonds is 6. The Hall–Kier alpha value is -2.22. The minimum Gasteiger partial charge on any atom is -0.340 e. The highest BCUT2D eigenvalue weighted by Crippen LogP contribution is 2.28. The summed E-state index contributed by atoms with van der Waals surface area (Å²) in [5, 5.41) is 5.47. The number of carbonyl (C=O) groups excluding carboxylic acids is 2. The lowest BCUT2D eigenvalue weighted by molar-refractivity contribution is -0.142. The molecule has 3 heterocycles. The minimum atomic E-state index is -0.363. The average molecular weight is 455 g/mol. The lowest BCUT2D eigenvalue weighted by Gasteiger charge is -2.29. The van der Waals surface area contributed by atoms with E-state index in [4.69, 9.17) is 0 Å². The number of likely N-dealkylation sites (tertiary alicyclic amines) is 1. The molecule has 2 amide bonds. The molecule has 0 aliphatic carbocycles. The van der Waals surface area contributed by atoms with Crippen LogP contribution in [0.15, 0.2) is 41.8 Å². The van der Waals surface area contributed by atoms with Crippen molar-refractivity contribution in [3.05, 3.63) is 57.8 Å². The molecule has 2 unspecified atom stereocenters. The molecule has 32 heavy (non-hydrogen) atoms. The van der Waals surface area contributed by atoms with Crippen molar-refractivity contribution in [2.45, 2.75) is 51.9 Å². The van der Waals surface area contributed by atoms with E-state index in [0.717, 1.165) is 39.1 Å². The SMILES string of the molecule is CC(=O)N1CC(N(Cc2cccs2)Cc2ccccc2C)CC1C(=O)N1CCCNCC1. The minimum absolute atomic E-state index is 0.00855. The van der Waals surface area contributed by atoms with E-state index >= 15 is 0 Å². The summed E-state index contributed by atoms with van der Waals surface area (Å²) < 4.78 is 0. The molecule has 0 radical (unpaired) electrons. The van der Waals surface area contributed by atoms with Crippen LogP contribution in [0, 0.1) is 6.92 Å². The number of benzene rings is 1. The van der Waals surface area contributed by atoms with Crippen molar-refractivity contribution in [3.63, 3.8) is 0 Å². The summed E-state index contributed by atoms with van der Waals surface area (Å²) in [7, 11) is 0. The van der Waals surface area contributed by atoms with E-state index in [1.165, 1.54) is 16.0 Å². The summed E-state index contributed by atoms with van der Waals surface area (Å²) in [6.07, 6.45) is 1.65. The molecule has 0 bridgehead atoms. The first-order valence-electron chi connectivity index (χ1n) is 11.6. The lowest BCUT2D eigenvalue weighted by atomic mass is 10.1.